The zero-order valence-corrected chi connectivity index (χ0v) is 8.42. The van der Waals surface area contributed by atoms with Gasteiger partial charge in [-0.1, -0.05) is 6.08 Å². The number of nitrogens with zero attached hydrogens (tertiary/aromatic N) is 2. The number of halogens is 1. The molecular formula is C7H9ClN2O2S. The van der Waals surface area contributed by atoms with Crippen molar-refractivity contribution in [2.24, 2.45) is 0 Å². The summed E-state index contributed by atoms with van der Waals surface area (Å²) in [5.74, 6) is 0. The van der Waals surface area contributed by atoms with Crippen molar-refractivity contribution < 1.29 is 8.42 Å². The van der Waals surface area contributed by atoms with Crippen LogP contribution in [0.1, 0.15) is 6.42 Å². The number of hydrogen-bond donors (Lipinski definition) is 0. The van der Waals surface area contributed by atoms with Gasteiger partial charge >= 0.3 is 0 Å². The minimum Gasteiger partial charge on any atom is -0.336 e. The van der Waals surface area contributed by atoms with Gasteiger partial charge in [0.2, 0.25) is 0 Å². The molecule has 0 aromatic carbocycles. The minimum atomic E-state index is -3.69. The third-order valence-electron chi connectivity index (χ3n) is 1.45. The number of aromatic nitrogens is 2. The largest absolute Gasteiger partial charge is 0.336 e. The molecule has 1 aromatic rings. The highest BCUT2D eigenvalue weighted by atomic mass is 35.7. The summed E-state index contributed by atoms with van der Waals surface area (Å²) < 4.78 is 23.2. The average molecular weight is 221 g/mol. The van der Waals surface area contributed by atoms with Crippen molar-refractivity contribution in [2.75, 3.05) is 0 Å². The SMILES string of the molecule is C=CCCn1cnc(S(=O)(=O)Cl)c1. The van der Waals surface area contributed by atoms with Crippen LogP contribution in [0.15, 0.2) is 30.2 Å². The highest BCUT2D eigenvalue weighted by Gasteiger charge is 2.12. The Hall–Kier alpha value is -0.810. The van der Waals surface area contributed by atoms with Crippen LogP contribution in [0.3, 0.4) is 0 Å². The summed E-state index contributed by atoms with van der Waals surface area (Å²) in [4.78, 5) is 3.65. The van der Waals surface area contributed by atoms with Crippen molar-refractivity contribution in [3.8, 4) is 0 Å². The molecule has 0 saturated carbocycles. The zero-order valence-electron chi connectivity index (χ0n) is 6.85. The van der Waals surface area contributed by atoms with Gasteiger partial charge in [0.15, 0.2) is 5.03 Å². The number of allylic oxidation sites excluding steroid dienone is 1. The first-order chi connectivity index (χ1) is 6.04. The molecule has 0 aliphatic rings. The Morgan fingerprint density at radius 2 is 2.38 bits per heavy atom. The van der Waals surface area contributed by atoms with Crippen LogP contribution in [0.5, 0.6) is 0 Å². The van der Waals surface area contributed by atoms with Crippen molar-refractivity contribution in [1.82, 2.24) is 9.55 Å². The van der Waals surface area contributed by atoms with E-state index in [2.05, 4.69) is 11.6 Å². The fourth-order valence-electron chi connectivity index (χ4n) is 0.828. The van der Waals surface area contributed by atoms with Crippen LogP contribution in [0.25, 0.3) is 0 Å². The quantitative estimate of drug-likeness (QED) is 0.569. The summed E-state index contributed by atoms with van der Waals surface area (Å²) in [6.45, 7) is 4.21. The third kappa shape index (κ3) is 2.86. The molecule has 0 fully saturated rings. The van der Waals surface area contributed by atoms with Gasteiger partial charge in [0.05, 0.1) is 6.33 Å². The molecule has 6 heteroatoms. The van der Waals surface area contributed by atoms with Crippen molar-refractivity contribution in [3.05, 3.63) is 25.2 Å². The molecule has 72 valence electrons. The first-order valence-electron chi connectivity index (χ1n) is 3.61. The van der Waals surface area contributed by atoms with Crippen molar-refractivity contribution in [2.45, 2.75) is 18.0 Å². The number of rotatable bonds is 4. The van der Waals surface area contributed by atoms with Crippen molar-refractivity contribution >= 4 is 19.7 Å². The molecule has 1 heterocycles. The van der Waals surface area contributed by atoms with E-state index in [-0.39, 0.29) is 5.03 Å². The number of imidazole rings is 1. The van der Waals surface area contributed by atoms with Gasteiger partial charge in [0, 0.05) is 23.4 Å². The Kier molecular flexibility index (Phi) is 3.11. The molecular weight excluding hydrogens is 212 g/mol. The van der Waals surface area contributed by atoms with E-state index in [1.165, 1.54) is 12.5 Å². The second kappa shape index (κ2) is 3.93. The van der Waals surface area contributed by atoms with Crippen LogP contribution in [0, 0.1) is 0 Å². The Morgan fingerprint density at radius 1 is 1.69 bits per heavy atom. The van der Waals surface area contributed by atoms with Gasteiger partial charge in [0.25, 0.3) is 9.05 Å². The lowest BCUT2D eigenvalue weighted by Gasteiger charge is -1.95. The fourth-order valence-corrected chi connectivity index (χ4v) is 1.50. The molecule has 13 heavy (non-hydrogen) atoms. The normalized spacial score (nSPS) is 11.5. The molecule has 0 bridgehead atoms. The third-order valence-corrected chi connectivity index (χ3v) is 2.64. The summed E-state index contributed by atoms with van der Waals surface area (Å²) in [5, 5.41) is -0.113. The maximum absolute atomic E-state index is 10.8. The second-order valence-corrected chi connectivity index (χ2v) is 4.98. The van der Waals surface area contributed by atoms with Gasteiger partial charge in [-0.15, -0.1) is 6.58 Å². The Labute approximate surface area is 81.3 Å². The molecule has 0 unspecified atom stereocenters. The van der Waals surface area contributed by atoms with E-state index in [1.54, 1.807) is 10.6 Å². The zero-order chi connectivity index (χ0) is 9.90. The van der Waals surface area contributed by atoms with Gasteiger partial charge < -0.3 is 4.57 Å². The molecule has 0 amide bonds. The smallest absolute Gasteiger partial charge is 0.280 e. The standard InChI is InChI=1S/C7H9ClN2O2S/c1-2-3-4-10-5-7(9-6-10)13(8,11)12/h2,5-6H,1,3-4H2. The van der Waals surface area contributed by atoms with Crippen molar-refractivity contribution in [1.29, 1.82) is 0 Å². The molecule has 1 aromatic heterocycles. The van der Waals surface area contributed by atoms with E-state index in [0.29, 0.717) is 6.54 Å². The Bertz CT molecular complexity index is 396. The van der Waals surface area contributed by atoms with Gasteiger partial charge in [-0.25, -0.2) is 13.4 Å². The molecule has 0 aliphatic heterocycles. The summed E-state index contributed by atoms with van der Waals surface area (Å²) in [6.07, 6.45) is 5.33. The Balaban J connectivity index is 2.81. The fraction of sp³-hybridized carbons (Fsp3) is 0.286. The van der Waals surface area contributed by atoms with E-state index in [9.17, 15) is 8.42 Å². The first kappa shape index (κ1) is 10.3. The van der Waals surface area contributed by atoms with E-state index in [0.717, 1.165) is 6.42 Å². The summed E-state index contributed by atoms with van der Waals surface area (Å²) >= 11 is 0. The summed E-state index contributed by atoms with van der Waals surface area (Å²) in [7, 11) is 1.39. The van der Waals surface area contributed by atoms with E-state index >= 15 is 0 Å². The molecule has 0 spiro atoms. The first-order valence-corrected chi connectivity index (χ1v) is 5.92. The molecule has 0 N–H and O–H groups in total. The topological polar surface area (TPSA) is 52.0 Å². The van der Waals surface area contributed by atoms with Gasteiger partial charge in [0.1, 0.15) is 0 Å². The Morgan fingerprint density at radius 3 is 2.85 bits per heavy atom. The van der Waals surface area contributed by atoms with Crippen LogP contribution in [-0.4, -0.2) is 18.0 Å². The molecule has 4 nitrogen and oxygen atoms in total. The highest BCUT2D eigenvalue weighted by Crippen LogP contribution is 2.11. The molecule has 0 atom stereocenters. The summed E-state index contributed by atoms with van der Waals surface area (Å²) in [5.41, 5.74) is 0. The van der Waals surface area contributed by atoms with Gasteiger partial charge in [-0.3, -0.25) is 0 Å². The second-order valence-electron chi connectivity index (χ2n) is 2.46. The van der Waals surface area contributed by atoms with Crippen LogP contribution in [-0.2, 0) is 15.6 Å². The van der Waals surface area contributed by atoms with Crippen LogP contribution >= 0.6 is 10.7 Å². The molecule has 0 saturated heterocycles. The lowest BCUT2D eigenvalue weighted by Crippen LogP contribution is -1.93. The van der Waals surface area contributed by atoms with Crippen LogP contribution in [0.2, 0.25) is 0 Å². The average Bonchev–Trinajstić information content (AvgIpc) is 2.47. The monoisotopic (exact) mass is 220 g/mol. The molecule has 0 aliphatic carbocycles. The highest BCUT2D eigenvalue weighted by molar-refractivity contribution is 8.13. The molecule has 0 radical (unpaired) electrons. The summed E-state index contributed by atoms with van der Waals surface area (Å²) in [6, 6.07) is 0. The minimum absolute atomic E-state index is 0.113. The number of hydrogen-bond acceptors (Lipinski definition) is 3. The van der Waals surface area contributed by atoms with Gasteiger partial charge in [-0.2, -0.15) is 0 Å². The lowest BCUT2D eigenvalue weighted by atomic mass is 10.4. The molecule has 1 rings (SSSR count). The number of aryl methyl sites for hydroxylation is 1. The van der Waals surface area contributed by atoms with Crippen LogP contribution in [0.4, 0.5) is 0 Å². The maximum Gasteiger partial charge on any atom is 0.280 e. The van der Waals surface area contributed by atoms with Crippen molar-refractivity contribution in [3.63, 3.8) is 0 Å². The maximum atomic E-state index is 10.8. The van der Waals surface area contributed by atoms with Gasteiger partial charge in [-0.05, 0) is 6.42 Å². The predicted molar refractivity (Wildman–Crippen MR) is 50.1 cm³/mol. The van der Waals surface area contributed by atoms with Crippen LogP contribution < -0.4 is 0 Å². The van der Waals surface area contributed by atoms with E-state index in [1.807, 2.05) is 0 Å². The predicted octanol–water partition coefficient (Wildman–Crippen LogP) is 1.39. The van der Waals surface area contributed by atoms with E-state index < -0.39 is 9.05 Å². The van der Waals surface area contributed by atoms with E-state index in [4.69, 9.17) is 10.7 Å². The lowest BCUT2D eigenvalue weighted by molar-refractivity contribution is 0.606.